The first kappa shape index (κ1) is 44.0. The van der Waals surface area contributed by atoms with Crippen molar-refractivity contribution in [1.29, 1.82) is 0 Å². The zero-order valence-electron chi connectivity index (χ0n) is 42.4. The minimum Gasteiger partial charge on any atom is -0.311 e. The van der Waals surface area contributed by atoms with Gasteiger partial charge in [-0.05, 0) is 162 Å². The predicted molar refractivity (Wildman–Crippen MR) is 295 cm³/mol. The molecule has 0 radical (unpaired) electrons. The zero-order valence-corrected chi connectivity index (χ0v) is 43.2. The summed E-state index contributed by atoms with van der Waals surface area (Å²) >= 11 is 2.01. The molecular weight excluding hydrogens is 828 g/mol. The van der Waals surface area contributed by atoms with Gasteiger partial charge in [0.2, 0.25) is 0 Å². The first-order valence-electron chi connectivity index (χ1n) is 24.8. The first-order valence-corrected chi connectivity index (χ1v) is 25.6. The average molecular weight is 895 g/mol. The van der Waals surface area contributed by atoms with Crippen molar-refractivity contribution in [3.8, 4) is 11.1 Å². The molecule has 8 aromatic rings. The van der Waals surface area contributed by atoms with E-state index in [0.717, 1.165) is 6.42 Å². The third-order valence-electron chi connectivity index (χ3n) is 15.8. The Morgan fingerprint density at radius 3 is 1.76 bits per heavy atom. The van der Waals surface area contributed by atoms with Crippen molar-refractivity contribution >= 4 is 88.7 Å². The van der Waals surface area contributed by atoms with E-state index in [1.165, 1.54) is 122 Å². The fourth-order valence-corrected chi connectivity index (χ4v) is 13.0. The number of thiophene rings is 1. The molecule has 2 aliphatic heterocycles. The SMILES string of the molecule is Cc1cc2c3c(c1)N(c1ccc(C(C)(C)C)cc1)c1c(sc4ccc(C(C)(C)C)cc14)B3c1cc3c(cc1N2c1ccc(C(C)(C)C)cc1-c1cccc2ccccc12)C(C)(C)CCC3(C)C. The number of hydrogen-bond donors (Lipinski definition) is 0. The second kappa shape index (κ2) is 14.7. The van der Waals surface area contributed by atoms with Crippen molar-refractivity contribution in [1.82, 2.24) is 0 Å². The molecule has 0 atom stereocenters. The Balaban J connectivity index is 1.29. The molecular formula is C63H67BN2S. The molecule has 3 aliphatic rings. The van der Waals surface area contributed by atoms with E-state index in [0.29, 0.717) is 0 Å². The van der Waals surface area contributed by atoms with E-state index in [-0.39, 0.29) is 33.8 Å². The van der Waals surface area contributed by atoms with Crippen LogP contribution < -0.4 is 25.5 Å². The number of aryl methyl sites for hydroxylation is 1. The van der Waals surface area contributed by atoms with Crippen molar-refractivity contribution in [2.24, 2.45) is 0 Å². The van der Waals surface area contributed by atoms with Gasteiger partial charge >= 0.3 is 0 Å². The summed E-state index contributed by atoms with van der Waals surface area (Å²) in [5.74, 6) is 0. The lowest BCUT2D eigenvalue weighted by molar-refractivity contribution is 0.332. The number of anilines is 6. The number of nitrogens with zero attached hydrogens (tertiary/aromatic N) is 2. The molecule has 3 heterocycles. The molecule has 0 N–H and O–H groups in total. The van der Waals surface area contributed by atoms with Crippen molar-refractivity contribution in [2.45, 2.75) is 137 Å². The van der Waals surface area contributed by atoms with Crippen LogP contribution in [0, 0.1) is 6.92 Å². The van der Waals surface area contributed by atoms with E-state index in [2.05, 4.69) is 234 Å². The number of fused-ring (bicyclic) bond motifs is 8. The lowest BCUT2D eigenvalue weighted by Crippen LogP contribution is -2.61. The zero-order chi connectivity index (χ0) is 47.3. The quantitative estimate of drug-likeness (QED) is 0.163. The van der Waals surface area contributed by atoms with E-state index in [4.69, 9.17) is 0 Å². The van der Waals surface area contributed by atoms with Crippen LogP contribution in [0.5, 0.6) is 0 Å². The minimum absolute atomic E-state index is 0.0121. The molecule has 338 valence electrons. The molecule has 67 heavy (non-hydrogen) atoms. The third-order valence-corrected chi connectivity index (χ3v) is 17.0. The molecule has 4 heteroatoms. The van der Waals surface area contributed by atoms with Crippen LogP contribution in [0.3, 0.4) is 0 Å². The van der Waals surface area contributed by atoms with Crippen molar-refractivity contribution in [3.63, 3.8) is 0 Å². The number of rotatable bonds is 3. The fourth-order valence-electron chi connectivity index (χ4n) is 11.7. The van der Waals surface area contributed by atoms with Gasteiger partial charge in [-0.2, -0.15) is 0 Å². The number of hydrogen-bond acceptors (Lipinski definition) is 3. The maximum atomic E-state index is 2.70. The summed E-state index contributed by atoms with van der Waals surface area (Å²) in [5, 5.41) is 3.89. The highest BCUT2D eigenvalue weighted by molar-refractivity contribution is 7.33. The van der Waals surface area contributed by atoms with Gasteiger partial charge in [0.25, 0.3) is 6.71 Å². The van der Waals surface area contributed by atoms with Gasteiger partial charge in [-0.3, -0.25) is 0 Å². The van der Waals surface area contributed by atoms with Crippen LogP contribution in [0.4, 0.5) is 34.1 Å². The van der Waals surface area contributed by atoms with Crippen LogP contribution in [0.15, 0.2) is 127 Å². The van der Waals surface area contributed by atoms with Crippen LogP contribution in [0.1, 0.15) is 136 Å². The molecule has 1 aliphatic carbocycles. The Morgan fingerprint density at radius 1 is 0.507 bits per heavy atom. The van der Waals surface area contributed by atoms with Gasteiger partial charge in [0.05, 0.1) is 11.4 Å². The predicted octanol–water partition coefficient (Wildman–Crippen LogP) is 16.4. The Labute approximate surface area is 405 Å². The monoisotopic (exact) mass is 895 g/mol. The van der Waals surface area contributed by atoms with E-state index in [9.17, 15) is 0 Å². The van der Waals surface area contributed by atoms with Gasteiger partial charge in [0, 0.05) is 43.2 Å². The van der Waals surface area contributed by atoms with E-state index in [1.54, 1.807) is 0 Å². The summed E-state index contributed by atoms with van der Waals surface area (Å²) in [6, 6.07) is 50.3. The van der Waals surface area contributed by atoms with Gasteiger partial charge in [-0.15, -0.1) is 11.3 Å². The maximum absolute atomic E-state index is 2.70. The van der Waals surface area contributed by atoms with Gasteiger partial charge in [-0.1, -0.05) is 163 Å². The van der Waals surface area contributed by atoms with Crippen LogP contribution in [-0.2, 0) is 27.1 Å². The molecule has 7 aromatic carbocycles. The molecule has 2 nitrogen and oxygen atoms in total. The Hall–Kier alpha value is -5.58. The van der Waals surface area contributed by atoms with Crippen LogP contribution >= 0.6 is 11.3 Å². The average Bonchev–Trinajstić information content (AvgIpc) is 3.65. The van der Waals surface area contributed by atoms with Crippen molar-refractivity contribution in [3.05, 3.63) is 161 Å². The summed E-state index contributed by atoms with van der Waals surface area (Å²) < 4.78 is 2.78. The summed E-state index contributed by atoms with van der Waals surface area (Å²) in [6.07, 6.45) is 2.33. The van der Waals surface area contributed by atoms with E-state index >= 15 is 0 Å². The standard InChI is InChI=1S/C63H67BN2S/c1-38-32-53-56-54(33-38)66(51-28-24-41(60(5,6)7)34-46(51)45-21-17-19-39-18-15-16-20-44(39)45)52-37-49-48(62(11,12)30-31-63(49,13)14)36-50(52)64(56)58-57(47-35-42(61(8,9)10)25-29-55(47)67-58)65(53)43-26-22-40(23-27-43)59(2,3)4/h15-29,32-37H,30-31H2,1-14H3. The summed E-state index contributed by atoms with van der Waals surface area (Å²) in [6.45, 7) is 33.3. The van der Waals surface area contributed by atoms with E-state index in [1.807, 2.05) is 11.3 Å². The molecule has 0 saturated carbocycles. The Bertz CT molecular complexity index is 3320. The van der Waals surface area contributed by atoms with E-state index < -0.39 is 0 Å². The molecule has 11 rings (SSSR count). The highest BCUT2D eigenvalue weighted by Gasteiger charge is 2.48. The van der Waals surface area contributed by atoms with Gasteiger partial charge < -0.3 is 9.80 Å². The highest BCUT2D eigenvalue weighted by atomic mass is 32.1. The smallest absolute Gasteiger partial charge is 0.264 e. The molecule has 1 aromatic heterocycles. The lowest BCUT2D eigenvalue weighted by Gasteiger charge is -2.47. The molecule has 0 saturated heterocycles. The van der Waals surface area contributed by atoms with Gasteiger partial charge in [0.1, 0.15) is 0 Å². The van der Waals surface area contributed by atoms with Crippen LogP contribution in [0.25, 0.3) is 32.0 Å². The fraction of sp³-hybridized carbons (Fsp3) is 0.333. The minimum atomic E-state index is -0.0343. The second-order valence-electron chi connectivity index (χ2n) is 24.6. The van der Waals surface area contributed by atoms with Gasteiger partial charge in [-0.25, -0.2) is 0 Å². The van der Waals surface area contributed by atoms with Crippen LogP contribution in [0.2, 0.25) is 0 Å². The molecule has 0 fully saturated rings. The first-order chi connectivity index (χ1) is 31.5. The second-order valence-corrected chi connectivity index (χ2v) is 25.7. The summed E-state index contributed by atoms with van der Waals surface area (Å²) in [4.78, 5) is 5.36. The van der Waals surface area contributed by atoms with Crippen molar-refractivity contribution < 1.29 is 0 Å². The Kier molecular flexibility index (Phi) is 9.65. The topological polar surface area (TPSA) is 6.48 Å². The third kappa shape index (κ3) is 6.94. The Morgan fingerprint density at radius 2 is 1.09 bits per heavy atom. The largest absolute Gasteiger partial charge is 0.311 e. The van der Waals surface area contributed by atoms with Crippen molar-refractivity contribution in [2.75, 3.05) is 9.80 Å². The summed E-state index contributed by atoms with van der Waals surface area (Å²) in [5.41, 5.74) is 21.4. The molecule has 0 unspecified atom stereocenters. The lowest BCUT2D eigenvalue weighted by atomic mass is 9.35. The summed E-state index contributed by atoms with van der Waals surface area (Å²) in [7, 11) is 0. The highest BCUT2D eigenvalue weighted by Crippen LogP contribution is 2.54. The molecule has 0 spiro atoms. The van der Waals surface area contributed by atoms with Gasteiger partial charge in [0.15, 0.2) is 0 Å². The number of benzene rings is 7. The normalized spacial score (nSPS) is 16.2. The van der Waals surface area contributed by atoms with Crippen LogP contribution in [-0.4, -0.2) is 6.71 Å². The molecule has 0 bridgehead atoms. The maximum Gasteiger partial charge on any atom is 0.264 e. The molecule has 0 amide bonds.